The van der Waals surface area contributed by atoms with Crippen LogP contribution in [0, 0.1) is 0 Å². The molecule has 2 amide bonds. The third kappa shape index (κ3) is 17.9. The summed E-state index contributed by atoms with van der Waals surface area (Å²) >= 11 is 3.10. The molecule has 0 fully saturated rings. The Bertz CT molecular complexity index is 4300. The molecule has 0 atom stereocenters. The quantitative estimate of drug-likeness (QED) is 0.0255. The highest BCUT2D eigenvalue weighted by Crippen LogP contribution is 2.31. The summed E-state index contributed by atoms with van der Waals surface area (Å²) in [5.41, 5.74) is 17.3. The maximum absolute atomic E-state index is 13.0. The number of unbranched alkanes of at least 4 members (excludes halogenated alkanes) is 4. The standard InChI is InChI=1S/C34H33N5O3S2.C27H28N2O4S.C7H7N3S.CH4/c40-32(19-6-2-5-13-24-11-3-1-4-12-24)39-44(41,42)33-20-10-16-28(35-33)26-22-21-25-14-9-17-29(27(25)23-26)37-38-34-36-30-15-7-8-18-31(30)43-34;30-25-14-7-12-21-17-18-22(19-23(21)25)24-13-8-16-27(28-24)34(32,33)29-26(31)15-6-2-5-11-20-9-3-1-4-10-20;8-10-7-9-5-3-1-2-4-6(5)11-7;/h1,3-4,7-8,10-12,15-16,18,20-23H,2,5-6,9,13-14,17,19H2,(H,36,38)(H,39,40);1,3-4,8-10,13,16-19H,2,5-7,11-12,14-15H2,(H,29,31);1-4H,8H2,(H,9,10);1H4/b37-29+;;;. The highest BCUT2D eigenvalue weighted by molar-refractivity contribution is 7.90. The first-order chi connectivity index (χ1) is 43.3. The third-order valence-electron chi connectivity index (χ3n) is 15.0. The number of carbonyl (C=O) groups excluding carboxylic acids is 3. The summed E-state index contributed by atoms with van der Waals surface area (Å²) in [7, 11) is -8.19. The summed E-state index contributed by atoms with van der Waals surface area (Å²) in [6, 6.07) is 57.3. The molecule has 90 heavy (non-hydrogen) atoms. The number of hydrazone groups is 1. The summed E-state index contributed by atoms with van der Waals surface area (Å²) in [6.07, 6.45) is 11.9. The fourth-order valence-corrected chi connectivity index (χ4v) is 14.1. The molecule has 2 aliphatic carbocycles. The lowest BCUT2D eigenvalue weighted by atomic mass is 9.88. The number of rotatable bonds is 21. The lowest BCUT2D eigenvalue weighted by Crippen LogP contribution is -2.31. The van der Waals surface area contributed by atoms with Crippen LogP contribution in [-0.4, -0.2) is 60.1 Å². The molecule has 0 unspecified atom stereocenters. The van der Waals surface area contributed by atoms with E-state index in [0.29, 0.717) is 41.8 Å². The van der Waals surface area contributed by atoms with Gasteiger partial charge in [0.25, 0.3) is 20.0 Å². The van der Waals surface area contributed by atoms with Crippen LogP contribution in [0.1, 0.15) is 123 Å². The van der Waals surface area contributed by atoms with E-state index in [4.69, 9.17) is 10.9 Å². The molecule has 0 radical (unpaired) electrons. The summed E-state index contributed by atoms with van der Waals surface area (Å²) < 4.78 is 58.1. The number of nitrogens with one attached hydrogen (secondary N) is 4. The first-order valence-corrected chi connectivity index (χ1v) is 34.3. The Labute approximate surface area is 533 Å². The molecule has 12 rings (SSSR count). The maximum Gasteiger partial charge on any atom is 0.281 e. The van der Waals surface area contributed by atoms with Crippen LogP contribution in [0.2, 0.25) is 0 Å². The Balaban J connectivity index is 0.000000184. The number of carbonyl (C=O) groups is 3. The second kappa shape index (κ2) is 31.5. The molecule has 2 aliphatic rings. The van der Waals surface area contributed by atoms with Crippen LogP contribution in [0.5, 0.6) is 0 Å². The number of hydrazine groups is 1. The number of ketones is 1. The Hall–Kier alpha value is -8.86. The van der Waals surface area contributed by atoms with Gasteiger partial charge < -0.3 is 0 Å². The van der Waals surface area contributed by atoms with E-state index in [9.17, 15) is 31.2 Å². The number of hydrogen-bond acceptors (Lipinski definition) is 17. The number of aromatic nitrogens is 4. The zero-order valence-corrected chi connectivity index (χ0v) is 52.2. The smallest absolute Gasteiger partial charge is 0.281 e. The first kappa shape index (κ1) is 65.6. The van der Waals surface area contributed by atoms with Crippen LogP contribution in [0.4, 0.5) is 10.3 Å². The van der Waals surface area contributed by atoms with Gasteiger partial charge in [-0.25, -0.2) is 35.2 Å². The number of sulfonamides is 2. The third-order valence-corrected chi connectivity index (χ3v) is 19.5. The van der Waals surface area contributed by atoms with Gasteiger partial charge in [-0.15, -0.1) is 0 Å². The molecule has 0 spiro atoms. The van der Waals surface area contributed by atoms with Crippen molar-refractivity contribution < 1.29 is 31.2 Å². The van der Waals surface area contributed by atoms with Gasteiger partial charge in [0, 0.05) is 41.5 Å². The van der Waals surface area contributed by atoms with E-state index in [0.717, 1.165) is 124 Å². The van der Waals surface area contributed by atoms with Crippen molar-refractivity contribution in [1.29, 1.82) is 0 Å². The minimum absolute atomic E-state index is 0. The Morgan fingerprint density at radius 1 is 0.489 bits per heavy atom. The van der Waals surface area contributed by atoms with Gasteiger partial charge in [0.05, 0.1) is 37.5 Å². The van der Waals surface area contributed by atoms with Crippen molar-refractivity contribution >= 4 is 96.7 Å². The van der Waals surface area contributed by atoms with Crippen molar-refractivity contribution in [3.63, 3.8) is 0 Å². The van der Waals surface area contributed by atoms with Crippen LogP contribution in [-0.2, 0) is 55.3 Å². The molecule has 0 bridgehead atoms. The fourth-order valence-electron chi connectivity index (χ4n) is 10.5. The second-order valence-corrected chi connectivity index (χ2v) is 26.9. The molecule has 10 aromatic rings. The molecule has 17 nitrogen and oxygen atoms in total. The normalized spacial score (nSPS) is 13.1. The molecule has 6 N–H and O–H groups in total. The second-order valence-electron chi connectivity index (χ2n) is 21.5. The van der Waals surface area contributed by atoms with E-state index in [2.05, 4.69) is 70.6 Å². The summed E-state index contributed by atoms with van der Waals surface area (Å²) in [5, 5.41) is 5.80. The van der Waals surface area contributed by atoms with Crippen LogP contribution in [0.25, 0.3) is 42.9 Å². The molecule has 6 aromatic carbocycles. The molecule has 0 saturated heterocycles. The highest BCUT2D eigenvalue weighted by atomic mass is 32.2. The Morgan fingerprint density at radius 2 is 0.956 bits per heavy atom. The van der Waals surface area contributed by atoms with Gasteiger partial charge in [-0.1, -0.05) is 164 Å². The zero-order chi connectivity index (χ0) is 62.0. The number of fused-ring (bicyclic) bond motifs is 4. The molecule has 21 heteroatoms. The number of Topliss-reactive ketones (excluding diaryl/α,β-unsaturated/α-hetero) is 1. The number of para-hydroxylation sites is 2. The monoisotopic (exact) mass is 1280 g/mol. The summed E-state index contributed by atoms with van der Waals surface area (Å²) in [4.78, 5) is 54.5. The van der Waals surface area contributed by atoms with Crippen LogP contribution < -0.4 is 26.1 Å². The van der Waals surface area contributed by atoms with Crippen molar-refractivity contribution in [2.75, 3.05) is 10.9 Å². The van der Waals surface area contributed by atoms with Gasteiger partial charge in [0.1, 0.15) is 0 Å². The largest absolute Gasteiger partial charge is 0.300 e. The number of aryl methyl sites for hydroxylation is 4. The summed E-state index contributed by atoms with van der Waals surface area (Å²) in [5.74, 6) is 4.25. The van der Waals surface area contributed by atoms with E-state index in [-0.39, 0.29) is 36.1 Å². The predicted octanol–water partition coefficient (Wildman–Crippen LogP) is 14.2. The van der Waals surface area contributed by atoms with Gasteiger partial charge in [0.2, 0.25) is 16.9 Å². The van der Waals surface area contributed by atoms with E-state index >= 15 is 0 Å². The van der Waals surface area contributed by atoms with Crippen molar-refractivity contribution in [2.45, 2.75) is 120 Å². The van der Waals surface area contributed by atoms with Gasteiger partial charge in [-0.3, -0.25) is 25.2 Å². The lowest BCUT2D eigenvalue weighted by molar-refractivity contribution is -0.120. The maximum atomic E-state index is 13.0. The van der Waals surface area contributed by atoms with E-state index in [1.165, 1.54) is 28.8 Å². The number of amides is 2. The number of pyridine rings is 2. The van der Waals surface area contributed by atoms with Crippen molar-refractivity contribution in [3.8, 4) is 22.5 Å². The van der Waals surface area contributed by atoms with E-state index < -0.39 is 31.9 Å². The molecule has 464 valence electrons. The molecule has 4 heterocycles. The zero-order valence-electron chi connectivity index (χ0n) is 48.9. The minimum atomic E-state index is -4.10. The van der Waals surface area contributed by atoms with Crippen LogP contribution in [0.3, 0.4) is 0 Å². The summed E-state index contributed by atoms with van der Waals surface area (Å²) in [6.45, 7) is 0. The number of nitrogens with zero attached hydrogens (tertiary/aromatic N) is 5. The Kier molecular flexibility index (Phi) is 23.0. The number of hydrogen-bond donors (Lipinski definition) is 5. The van der Waals surface area contributed by atoms with Gasteiger partial charge >= 0.3 is 0 Å². The molecular formula is C69H72N10O7S4. The predicted molar refractivity (Wildman–Crippen MR) is 361 cm³/mol. The first-order valence-electron chi connectivity index (χ1n) is 29.7. The Morgan fingerprint density at radius 3 is 1.48 bits per heavy atom. The van der Waals surface area contributed by atoms with Crippen LogP contribution >= 0.6 is 22.7 Å². The SMILES string of the molecule is C.NNc1nc2ccccc2s1.O=C(CCCCCc1ccccc1)NS(=O)(=O)c1cccc(-c2ccc3c(c2)/C(=N/Nc2nc4ccccc4s2)CCC3)n1.O=C(CCCCCc1ccccc1)NS(=O)(=O)c1cccc(-c2ccc3c(c2)C(=O)CCC3)n1. The van der Waals surface area contributed by atoms with Gasteiger partial charge in [0.15, 0.2) is 21.0 Å². The molecule has 4 aromatic heterocycles. The van der Waals surface area contributed by atoms with E-state index in [1.807, 2.05) is 109 Å². The van der Waals surface area contributed by atoms with Crippen LogP contribution in [0.15, 0.2) is 197 Å². The highest BCUT2D eigenvalue weighted by Gasteiger charge is 2.24. The van der Waals surface area contributed by atoms with Crippen molar-refractivity contribution in [3.05, 3.63) is 215 Å². The minimum Gasteiger partial charge on any atom is -0.300 e. The van der Waals surface area contributed by atoms with Crippen molar-refractivity contribution in [2.24, 2.45) is 10.9 Å². The number of anilines is 2. The number of thiazole rings is 2. The lowest BCUT2D eigenvalue weighted by Gasteiger charge is -2.19. The molecule has 0 aliphatic heterocycles. The fraction of sp³-hybridized carbons (Fsp3) is 0.246. The van der Waals surface area contributed by atoms with E-state index in [1.54, 1.807) is 53.0 Å². The average molecular weight is 1280 g/mol. The molecular weight excluding hydrogens is 1210 g/mol. The molecule has 0 saturated carbocycles. The van der Waals surface area contributed by atoms with Gasteiger partial charge in [-0.2, -0.15) is 21.9 Å². The number of nitrogens with two attached hydrogens (primary N) is 1. The number of benzene rings is 6. The van der Waals surface area contributed by atoms with Gasteiger partial charge in [-0.05, 0) is 154 Å². The van der Waals surface area contributed by atoms with Crippen molar-refractivity contribution in [1.82, 2.24) is 29.4 Å². The topological polar surface area (TPSA) is 258 Å². The average Bonchev–Trinajstić information content (AvgIpc) is 1.19. The number of nitrogen functional groups attached to an aromatic ring is 1.